The molecule has 1 heterocycles. The van der Waals surface area contributed by atoms with Crippen LogP contribution in [0.3, 0.4) is 0 Å². The predicted octanol–water partition coefficient (Wildman–Crippen LogP) is 4.10. The average molecular weight is 285 g/mol. The SMILES string of the molecule is CCCC(NC(=O)OC(C)(C)C)c1cc(Cl)ccn1. The Bertz CT molecular complexity index is 430. The summed E-state index contributed by atoms with van der Waals surface area (Å²) < 4.78 is 5.26. The zero-order chi connectivity index (χ0) is 14.5. The Morgan fingerprint density at radius 1 is 1.53 bits per heavy atom. The Labute approximate surface area is 119 Å². The minimum atomic E-state index is -0.511. The summed E-state index contributed by atoms with van der Waals surface area (Å²) in [7, 11) is 0. The molecule has 0 aliphatic rings. The largest absolute Gasteiger partial charge is 0.444 e. The number of nitrogens with one attached hydrogen (secondary N) is 1. The van der Waals surface area contributed by atoms with Crippen molar-refractivity contribution in [1.29, 1.82) is 0 Å². The molecule has 1 N–H and O–H groups in total. The van der Waals surface area contributed by atoms with Gasteiger partial charge in [0.2, 0.25) is 0 Å². The van der Waals surface area contributed by atoms with Crippen LogP contribution in [-0.2, 0) is 4.74 Å². The molecule has 0 fully saturated rings. The lowest BCUT2D eigenvalue weighted by atomic mass is 10.1. The Morgan fingerprint density at radius 3 is 2.74 bits per heavy atom. The first-order valence-electron chi connectivity index (χ1n) is 6.43. The topological polar surface area (TPSA) is 51.2 Å². The van der Waals surface area contributed by atoms with Crippen molar-refractivity contribution in [1.82, 2.24) is 10.3 Å². The molecule has 0 radical (unpaired) electrons. The van der Waals surface area contributed by atoms with Crippen molar-refractivity contribution >= 4 is 17.7 Å². The molecule has 1 rings (SSSR count). The molecule has 1 aromatic rings. The van der Waals surface area contributed by atoms with E-state index in [0.717, 1.165) is 18.5 Å². The number of hydrogen-bond donors (Lipinski definition) is 1. The van der Waals surface area contributed by atoms with Gasteiger partial charge in [-0.05, 0) is 39.3 Å². The van der Waals surface area contributed by atoms with Crippen LogP contribution in [0.4, 0.5) is 4.79 Å². The molecular formula is C14H21ClN2O2. The molecular weight excluding hydrogens is 264 g/mol. The van der Waals surface area contributed by atoms with E-state index in [1.54, 1.807) is 18.3 Å². The molecule has 4 nitrogen and oxygen atoms in total. The van der Waals surface area contributed by atoms with Crippen LogP contribution in [0.25, 0.3) is 0 Å². The number of ether oxygens (including phenoxy) is 1. The molecule has 0 aliphatic heterocycles. The van der Waals surface area contributed by atoms with Crippen LogP contribution < -0.4 is 5.32 Å². The van der Waals surface area contributed by atoms with Gasteiger partial charge in [-0.25, -0.2) is 4.79 Å². The molecule has 0 spiro atoms. The number of carbonyl (C=O) groups excluding carboxylic acids is 1. The number of nitrogens with zero attached hydrogens (tertiary/aromatic N) is 1. The second-order valence-corrected chi connectivity index (χ2v) is 5.82. The third-order valence-corrected chi connectivity index (χ3v) is 2.60. The van der Waals surface area contributed by atoms with Crippen LogP contribution in [0.1, 0.15) is 52.3 Å². The lowest BCUT2D eigenvalue weighted by molar-refractivity contribution is 0.0499. The highest BCUT2D eigenvalue weighted by Gasteiger charge is 2.20. The highest BCUT2D eigenvalue weighted by Crippen LogP contribution is 2.20. The van der Waals surface area contributed by atoms with Gasteiger partial charge in [0.05, 0.1) is 11.7 Å². The highest BCUT2D eigenvalue weighted by molar-refractivity contribution is 6.30. The van der Waals surface area contributed by atoms with Crippen molar-refractivity contribution in [2.75, 3.05) is 0 Å². The third-order valence-electron chi connectivity index (χ3n) is 2.37. The fraction of sp³-hybridized carbons (Fsp3) is 0.571. The molecule has 19 heavy (non-hydrogen) atoms. The third kappa shape index (κ3) is 5.92. The number of carbonyl (C=O) groups is 1. The molecule has 0 saturated heterocycles. The van der Waals surface area contributed by atoms with E-state index in [4.69, 9.17) is 16.3 Å². The Morgan fingerprint density at radius 2 is 2.21 bits per heavy atom. The molecule has 5 heteroatoms. The summed E-state index contributed by atoms with van der Waals surface area (Å²) in [5, 5.41) is 3.44. The smallest absolute Gasteiger partial charge is 0.408 e. The number of hydrogen-bond acceptors (Lipinski definition) is 3. The summed E-state index contributed by atoms with van der Waals surface area (Å²) in [6.45, 7) is 7.55. The molecule has 1 aromatic heterocycles. The zero-order valence-electron chi connectivity index (χ0n) is 11.9. The lowest BCUT2D eigenvalue weighted by Crippen LogP contribution is -2.35. The lowest BCUT2D eigenvalue weighted by Gasteiger charge is -2.23. The molecule has 0 aliphatic carbocycles. The van der Waals surface area contributed by atoms with E-state index in [2.05, 4.69) is 10.3 Å². The molecule has 106 valence electrons. The van der Waals surface area contributed by atoms with Crippen molar-refractivity contribution in [3.8, 4) is 0 Å². The van der Waals surface area contributed by atoms with Crippen molar-refractivity contribution in [3.05, 3.63) is 29.0 Å². The van der Waals surface area contributed by atoms with Crippen LogP contribution in [0.15, 0.2) is 18.3 Å². The van der Waals surface area contributed by atoms with Gasteiger partial charge < -0.3 is 10.1 Å². The molecule has 1 atom stereocenters. The maximum atomic E-state index is 11.8. The average Bonchev–Trinajstić information content (AvgIpc) is 2.26. The molecule has 1 unspecified atom stereocenters. The number of amides is 1. The summed E-state index contributed by atoms with van der Waals surface area (Å²) in [5.74, 6) is 0. The van der Waals surface area contributed by atoms with E-state index in [-0.39, 0.29) is 6.04 Å². The van der Waals surface area contributed by atoms with E-state index in [0.29, 0.717) is 5.02 Å². The van der Waals surface area contributed by atoms with E-state index >= 15 is 0 Å². The normalized spacial score (nSPS) is 12.9. The second kappa shape index (κ2) is 6.75. The number of halogens is 1. The summed E-state index contributed by atoms with van der Waals surface area (Å²) in [6, 6.07) is 3.29. The second-order valence-electron chi connectivity index (χ2n) is 5.39. The van der Waals surface area contributed by atoms with Crippen molar-refractivity contribution in [2.45, 2.75) is 52.2 Å². The van der Waals surface area contributed by atoms with Gasteiger partial charge in [0.25, 0.3) is 0 Å². The van der Waals surface area contributed by atoms with Gasteiger partial charge >= 0.3 is 6.09 Å². The number of rotatable bonds is 4. The standard InChI is InChI=1S/C14H21ClN2O2/c1-5-6-11(12-9-10(15)7-8-16-12)17-13(18)19-14(2,3)4/h7-9,11H,5-6H2,1-4H3,(H,17,18). The van der Waals surface area contributed by atoms with E-state index in [9.17, 15) is 4.79 Å². The minimum absolute atomic E-state index is 0.182. The van der Waals surface area contributed by atoms with Gasteiger partial charge in [-0.1, -0.05) is 24.9 Å². The van der Waals surface area contributed by atoms with Gasteiger partial charge in [-0.15, -0.1) is 0 Å². The Hall–Kier alpha value is -1.29. The van der Waals surface area contributed by atoms with Gasteiger partial charge in [-0.3, -0.25) is 4.98 Å². The van der Waals surface area contributed by atoms with Crippen molar-refractivity contribution in [3.63, 3.8) is 0 Å². The maximum absolute atomic E-state index is 11.8. The first-order valence-corrected chi connectivity index (χ1v) is 6.80. The van der Waals surface area contributed by atoms with Crippen LogP contribution >= 0.6 is 11.6 Å². The minimum Gasteiger partial charge on any atom is -0.444 e. The highest BCUT2D eigenvalue weighted by atomic mass is 35.5. The summed E-state index contributed by atoms with van der Waals surface area (Å²) in [5.41, 5.74) is 0.239. The van der Waals surface area contributed by atoms with E-state index in [1.165, 1.54) is 0 Å². The number of alkyl carbamates (subject to hydrolysis) is 1. The fourth-order valence-corrected chi connectivity index (χ4v) is 1.81. The molecule has 0 saturated carbocycles. The Kier molecular flexibility index (Phi) is 5.60. The van der Waals surface area contributed by atoms with Gasteiger partial charge in [-0.2, -0.15) is 0 Å². The quantitative estimate of drug-likeness (QED) is 0.905. The zero-order valence-corrected chi connectivity index (χ0v) is 12.6. The predicted molar refractivity (Wildman–Crippen MR) is 76.3 cm³/mol. The molecule has 0 bridgehead atoms. The molecule has 1 amide bonds. The van der Waals surface area contributed by atoms with Crippen LogP contribution in [0.5, 0.6) is 0 Å². The fourth-order valence-electron chi connectivity index (χ4n) is 1.64. The number of pyridine rings is 1. The van der Waals surface area contributed by atoms with Crippen LogP contribution in [0, 0.1) is 0 Å². The van der Waals surface area contributed by atoms with Gasteiger partial charge in [0, 0.05) is 11.2 Å². The summed E-state index contributed by atoms with van der Waals surface area (Å²) >= 11 is 5.95. The van der Waals surface area contributed by atoms with Gasteiger partial charge in [0.15, 0.2) is 0 Å². The Balaban J connectivity index is 2.76. The van der Waals surface area contributed by atoms with Gasteiger partial charge in [0.1, 0.15) is 5.60 Å². The summed E-state index contributed by atoms with van der Waals surface area (Å²) in [6.07, 6.45) is 2.91. The van der Waals surface area contributed by atoms with E-state index in [1.807, 2.05) is 27.7 Å². The summed E-state index contributed by atoms with van der Waals surface area (Å²) in [4.78, 5) is 16.1. The molecule has 0 aromatic carbocycles. The van der Waals surface area contributed by atoms with Crippen molar-refractivity contribution < 1.29 is 9.53 Å². The maximum Gasteiger partial charge on any atom is 0.408 e. The van der Waals surface area contributed by atoms with Crippen molar-refractivity contribution in [2.24, 2.45) is 0 Å². The first-order chi connectivity index (χ1) is 8.81. The monoisotopic (exact) mass is 284 g/mol. The van der Waals surface area contributed by atoms with E-state index < -0.39 is 11.7 Å². The number of aromatic nitrogens is 1. The van der Waals surface area contributed by atoms with Crippen LogP contribution in [-0.4, -0.2) is 16.7 Å². The first kappa shape index (κ1) is 15.8. The van der Waals surface area contributed by atoms with Crippen LogP contribution in [0.2, 0.25) is 5.02 Å².